The van der Waals surface area contributed by atoms with E-state index in [1.807, 2.05) is 22.7 Å². The van der Waals surface area contributed by atoms with Gasteiger partial charge in [0.2, 0.25) is 4.96 Å². The Morgan fingerprint density at radius 2 is 1.95 bits per heavy atom. The van der Waals surface area contributed by atoms with Crippen LogP contribution in [0, 0.1) is 0 Å². The van der Waals surface area contributed by atoms with E-state index in [0.717, 1.165) is 32.4 Å². The van der Waals surface area contributed by atoms with Crippen LogP contribution in [-0.2, 0) is 0 Å². The molecular weight excluding hydrogens is 292 g/mol. The van der Waals surface area contributed by atoms with E-state index in [4.69, 9.17) is 0 Å². The molecule has 100 valence electrons. The topological polar surface area (TPSA) is 68.9 Å². The minimum atomic E-state index is 0.296. The van der Waals surface area contributed by atoms with Crippen molar-refractivity contribution >= 4 is 39.1 Å². The largest absolute Gasteiger partial charge is 0.234 e. The molecule has 8 heteroatoms. The van der Waals surface area contributed by atoms with Crippen molar-refractivity contribution in [3.63, 3.8) is 0 Å². The summed E-state index contributed by atoms with van der Waals surface area (Å²) in [5.41, 5.74) is 2.86. The zero-order chi connectivity index (χ0) is 13.7. The van der Waals surface area contributed by atoms with Gasteiger partial charge >= 0.3 is 0 Å². The zero-order valence-corrected chi connectivity index (χ0v) is 12.4. The summed E-state index contributed by atoms with van der Waals surface area (Å²) in [7, 11) is 0. The summed E-state index contributed by atoms with van der Waals surface area (Å²) in [6.45, 7) is 4.17. The quantitative estimate of drug-likeness (QED) is 0.569. The molecule has 4 aromatic rings. The molecule has 0 spiro atoms. The van der Waals surface area contributed by atoms with Gasteiger partial charge in [-0.25, -0.2) is 0 Å². The molecule has 3 aromatic heterocycles. The predicted octanol–water partition coefficient (Wildman–Crippen LogP) is 2.98. The van der Waals surface area contributed by atoms with Crippen molar-refractivity contribution in [1.29, 1.82) is 0 Å². The lowest BCUT2D eigenvalue weighted by Crippen LogP contribution is -1.97. The molecule has 0 amide bonds. The van der Waals surface area contributed by atoms with Gasteiger partial charge in [-0.05, 0) is 18.2 Å². The van der Waals surface area contributed by atoms with Gasteiger partial charge in [-0.1, -0.05) is 25.2 Å². The Morgan fingerprint density at radius 3 is 2.80 bits per heavy atom. The van der Waals surface area contributed by atoms with Gasteiger partial charge in [0.1, 0.15) is 16.0 Å². The van der Waals surface area contributed by atoms with Crippen LogP contribution in [0.1, 0.15) is 25.6 Å². The first-order valence-corrected chi connectivity index (χ1v) is 7.72. The molecule has 20 heavy (non-hydrogen) atoms. The minimum Gasteiger partial charge on any atom is -0.187 e. The number of nitrogens with zero attached hydrogens (tertiary/aromatic N) is 6. The zero-order valence-electron chi connectivity index (χ0n) is 10.8. The Morgan fingerprint density at radius 1 is 1.10 bits per heavy atom. The highest BCUT2D eigenvalue weighted by Crippen LogP contribution is 2.28. The van der Waals surface area contributed by atoms with Crippen molar-refractivity contribution in [2.75, 3.05) is 0 Å². The van der Waals surface area contributed by atoms with E-state index in [9.17, 15) is 0 Å². The van der Waals surface area contributed by atoms with E-state index >= 15 is 0 Å². The van der Waals surface area contributed by atoms with Crippen LogP contribution in [0.2, 0.25) is 0 Å². The Hall–Kier alpha value is -1.93. The lowest BCUT2D eigenvalue weighted by atomic mass is 10.2. The van der Waals surface area contributed by atoms with E-state index < -0.39 is 0 Å². The number of hydrogen-bond acceptors (Lipinski definition) is 7. The molecule has 6 nitrogen and oxygen atoms in total. The second-order valence-corrected chi connectivity index (χ2v) is 6.27. The fourth-order valence-corrected chi connectivity index (χ4v) is 3.38. The van der Waals surface area contributed by atoms with Crippen LogP contribution < -0.4 is 0 Å². The highest BCUT2D eigenvalue weighted by molar-refractivity contribution is 7.19. The first-order valence-electron chi connectivity index (χ1n) is 6.17. The average Bonchev–Trinajstić information content (AvgIpc) is 3.11. The third-order valence-electron chi connectivity index (χ3n) is 3.03. The SMILES string of the molecule is CC(C)c1nnc2sc(-c3ccc4nsnc4c3)nn12. The van der Waals surface area contributed by atoms with Gasteiger partial charge < -0.3 is 0 Å². The van der Waals surface area contributed by atoms with Crippen LogP contribution in [0.4, 0.5) is 0 Å². The van der Waals surface area contributed by atoms with E-state index in [-0.39, 0.29) is 0 Å². The molecule has 4 rings (SSSR count). The molecule has 3 heterocycles. The second-order valence-electron chi connectivity index (χ2n) is 4.78. The highest BCUT2D eigenvalue weighted by Gasteiger charge is 2.15. The molecule has 0 saturated heterocycles. The number of hydrogen-bond donors (Lipinski definition) is 0. The Bertz CT molecular complexity index is 903. The van der Waals surface area contributed by atoms with Crippen molar-refractivity contribution in [3.05, 3.63) is 24.0 Å². The summed E-state index contributed by atoms with van der Waals surface area (Å²) < 4.78 is 10.3. The van der Waals surface area contributed by atoms with Gasteiger partial charge in [-0.2, -0.15) is 18.4 Å². The smallest absolute Gasteiger partial charge is 0.187 e. The normalized spacial score (nSPS) is 11.9. The van der Waals surface area contributed by atoms with Crippen LogP contribution in [0.25, 0.3) is 26.6 Å². The molecule has 0 atom stereocenters. The summed E-state index contributed by atoms with van der Waals surface area (Å²) in [6, 6.07) is 6.00. The summed E-state index contributed by atoms with van der Waals surface area (Å²) in [5.74, 6) is 1.18. The molecule has 0 aliphatic rings. The maximum atomic E-state index is 4.62. The van der Waals surface area contributed by atoms with Crippen LogP contribution in [0.3, 0.4) is 0 Å². The van der Waals surface area contributed by atoms with Gasteiger partial charge in [-0.3, -0.25) is 0 Å². The van der Waals surface area contributed by atoms with Crippen molar-refractivity contribution < 1.29 is 0 Å². The third kappa shape index (κ3) is 1.72. The maximum Gasteiger partial charge on any atom is 0.234 e. The molecule has 0 N–H and O–H groups in total. The van der Waals surface area contributed by atoms with Crippen LogP contribution in [-0.4, -0.2) is 28.6 Å². The second kappa shape index (κ2) is 4.29. The van der Waals surface area contributed by atoms with Gasteiger partial charge in [0.05, 0.1) is 11.7 Å². The molecule has 1 aromatic carbocycles. The summed E-state index contributed by atoms with van der Waals surface area (Å²) in [4.78, 5) is 0.820. The summed E-state index contributed by atoms with van der Waals surface area (Å²) in [5, 5.41) is 13.9. The Balaban J connectivity index is 1.88. The van der Waals surface area contributed by atoms with Gasteiger partial charge in [0.25, 0.3) is 0 Å². The minimum absolute atomic E-state index is 0.296. The number of rotatable bonds is 2. The van der Waals surface area contributed by atoms with Crippen molar-refractivity contribution in [1.82, 2.24) is 28.6 Å². The lowest BCUT2D eigenvalue weighted by Gasteiger charge is -1.98. The Labute approximate surface area is 122 Å². The molecule has 0 aliphatic heterocycles. The fraction of sp³-hybridized carbons (Fsp3) is 0.250. The first kappa shape index (κ1) is 11.9. The van der Waals surface area contributed by atoms with E-state index in [2.05, 4.69) is 37.9 Å². The van der Waals surface area contributed by atoms with Crippen LogP contribution in [0.15, 0.2) is 18.2 Å². The maximum absolute atomic E-state index is 4.62. The van der Waals surface area contributed by atoms with Gasteiger partial charge in [-0.15, -0.1) is 10.2 Å². The summed E-state index contributed by atoms with van der Waals surface area (Å²) >= 11 is 2.76. The highest BCUT2D eigenvalue weighted by atomic mass is 32.1. The molecular formula is C12H10N6S2. The van der Waals surface area contributed by atoms with E-state index in [0.29, 0.717) is 5.92 Å². The van der Waals surface area contributed by atoms with Crippen LogP contribution in [0.5, 0.6) is 0 Å². The number of benzene rings is 1. The third-order valence-corrected chi connectivity index (χ3v) is 4.54. The summed E-state index contributed by atoms with van der Waals surface area (Å²) in [6.07, 6.45) is 0. The van der Waals surface area contributed by atoms with Crippen LogP contribution >= 0.6 is 23.1 Å². The van der Waals surface area contributed by atoms with E-state index in [1.54, 1.807) is 0 Å². The standard InChI is InChI=1S/C12H10N6S2/c1-6(2)10-13-14-12-18(10)15-11(19-12)7-3-4-8-9(5-7)17-20-16-8/h3-6H,1-2H3. The van der Waals surface area contributed by atoms with Crippen molar-refractivity contribution in [3.8, 4) is 10.6 Å². The molecule has 0 aliphatic carbocycles. The van der Waals surface area contributed by atoms with E-state index in [1.165, 1.54) is 23.1 Å². The fourth-order valence-electron chi connectivity index (χ4n) is 2.02. The molecule has 0 fully saturated rings. The molecule has 0 unspecified atom stereocenters. The van der Waals surface area contributed by atoms with Crippen molar-refractivity contribution in [2.45, 2.75) is 19.8 Å². The Kier molecular flexibility index (Phi) is 2.54. The lowest BCUT2D eigenvalue weighted by molar-refractivity contribution is 0.727. The van der Waals surface area contributed by atoms with Gasteiger partial charge in [0.15, 0.2) is 5.82 Å². The molecule has 0 bridgehead atoms. The van der Waals surface area contributed by atoms with Gasteiger partial charge in [0, 0.05) is 11.5 Å². The average molecular weight is 302 g/mol. The predicted molar refractivity (Wildman–Crippen MR) is 79.2 cm³/mol. The molecule has 0 saturated carbocycles. The number of fused-ring (bicyclic) bond motifs is 2. The van der Waals surface area contributed by atoms with Crippen molar-refractivity contribution in [2.24, 2.45) is 0 Å². The first-order chi connectivity index (χ1) is 9.72. The monoisotopic (exact) mass is 302 g/mol. The molecule has 0 radical (unpaired) electrons. The number of aromatic nitrogens is 6.